The summed E-state index contributed by atoms with van der Waals surface area (Å²) in [5, 5.41) is 0. The maximum absolute atomic E-state index is 11.8. The highest BCUT2D eigenvalue weighted by atomic mass is 16.8. The molecule has 0 N–H and O–H groups in total. The van der Waals surface area contributed by atoms with E-state index in [9.17, 15) is 9.59 Å². The minimum Gasteiger partial charge on any atom is -0.468 e. The largest absolute Gasteiger partial charge is 0.468 e. The van der Waals surface area contributed by atoms with Crippen LogP contribution < -0.4 is 0 Å². The number of ether oxygens (including phenoxy) is 4. The summed E-state index contributed by atoms with van der Waals surface area (Å²) in [6, 6.07) is 0. The van der Waals surface area contributed by atoms with E-state index in [1.54, 1.807) is 6.92 Å². The monoisotopic (exact) mass is 288 g/mol. The molecule has 0 aromatic carbocycles. The number of carbonyl (C=O) groups excluding carboxylic acids is 2. The van der Waals surface area contributed by atoms with Gasteiger partial charge in [-0.1, -0.05) is 6.92 Å². The molecule has 0 bridgehead atoms. The predicted octanol–water partition coefficient (Wildman–Crippen LogP) is 1.51. The van der Waals surface area contributed by atoms with Crippen LogP contribution in [0.25, 0.3) is 0 Å². The normalized spacial score (nSPS) is 26.4. The standard InChI is InChI=1S/C14H24O6/c1-8(11(12(15)17-5)13(16)18-6)7-14(4)19-9(2)10(3)20-14/h8-11H,7H2,1-6H3/t8-,9+,10+/m0/s1. The molecule has 1 aliphatic rings. The molecule has 1 rings (SSSR count). The van der Waals surface area contributed by atoms with Crippen LogP contribution >= 0.6 is 0 Å². The van der Waals surface area contributed by atoms with E-state index in [2.05, 4.69) is 9.47 Å². The number of carbonyl (C=O) groups is 2. The molecular formula is C14H24O6. The zero-order chi connectivity index (χ0) is 15.5. The summed E-state index contributed by atoms with van der Waals surface area (Å²) >= 11 is 0. The summed E-state index contributed by atoms with van der Waals surface area (Å²) in [4.78, 5) is 23.5. The number of hydrogen-bond acceptors (Lipinski definition) is 6. The van der Waals surface area contributed by atoms with Crippen molar-refractivity contribution in [3.05, 3.63) is 0 Å². The molecule has 0 aromatic rings. The zero-order valence-electron chi connectivity index (χ0n) is 13.0. The highest BCUT2D eigenvalue weighted by molar-refractivity contribution is 5.95. The van der Waals surface area contributed by atoms with Gasteiger partial charge in [0, 0.05) is 6.42 Å². The third-order valence-corrected chi connectivity index (χ3v) is 3.70. The lowest BCUT2D eigenvalue weighted by Gasteiger charge is -2.29. The van der Waals surface area contributed by atoms with Crippen molar-refractivity contribution in [1.29, 1.82) is 0 Å². The first-order chi connectivity index (χ1) is 9.24. The lowest BCUT2D eigenvalue weighted by Crippen LogP contribution is -2.38. The maximum atomic E-state index is 11.8. The van der Waals surface area contributed by atoms with Crippen LogP contribution in [0.4, 0.5) is 0 Å². The molecule has 3 atom stereocenters. The van der Waals surface area contributed by atoms with E-state index in [-0.39, 0.29) is 18.1 Å². The second-order valence-electron chi connectivity index (χ2n) is 5.49. The molecule has 1 saturated heterocycles. The van der Waals surface area contributed by atoms with Gasteiger partial charge in [0.05, 0.1) is 26.4 Å². The number of rotatable bonds is 5. The molecule has 0 aromatic heterocycles. The van der Waals surface area contributed by atoms with Crippen molar-refractivity contribution < 1.29 is 28.5 Å². The van der Waals surface area contributed by atoms with E-state index in [4.69, 9.17) is 9.47 Å². The highest BCUT2D eigenvalue weighted by Gasteiger charge is 2.44. The van der Waals surface area contributed by atoms with E-state index in [1.807, 2.05) is 20.8 Å². The summed E-state index contributed by atoms with van der Waals surface area (Å²) in [7, 11) is 2.50. The van der Waals surface area contributed by atoms with Gasteiger partial charge < -0.3 is 18.9 Å². The summed E-state index contributed by atoms with van der Waals surface area (Å²) < 4.78 is 20.9. The SMILES string of the molecule is COC(=O)C(C(=O)OC)[C@@H](C)CC1(C)O[C@H](C)[C@@H](C)O1. The van der Waals surface area contributed by atoms with Gasteiger partial charge in [-0.15, -0.1) is 0 Å². The summed E-state index contributed by atoms with van der Waals surface area (Å²) in [6.45, 7) is 7.45. The molecule has 1 fully saturated rings. The van der Waals surface area contributed by atoms with Crippen molar-refractivity contribution in [3.8, 4) is 0 Å². The number of methoxy groups -OCH3 is 2. The number of hydrogen-bond donors (Lipinski definition) is 0. The summed E-state index contributed by atoms with van der Waals surface area (Å²) in [5.41, 5.74) is 0. The van der Waals surface area contributed by atoms with Crippen LogP contribution in [0.2, 0.25) is 0 Å². The average Bonchev–Trinajstić information content (AvgIpc) is 2.62. The van der Waals surface area contributed by atoms with Crippen LogP contribution in [0, 0.1) is 11.8 Å². The average molecular weight is 288 g/mol. The molecule has 6 nitrogen and oxygen atoms in total. The van der Waals surface area contributed by atoms with E-state index in [0.29, 0.717) is 6.42 Å². The van der Waals surface area contributed by atoms with Crippen molar-refractivity contribution >= 4 is 11.9 Å². The van der Waals surface area contributed by atoms with Crippen LogP contribution in [-0.2, 0) is 28.5 Å². The Bertz CT molecular complexity index is 341. The van der Waals surface area contributed by atoms with Crippen molar-refractivity contribution in [2.75, 3.05) is 14.2 Å². The van der Waals surface area contributed by atoms with Crippen molar-refractivity contribution in [2.24, 2.45) is 11.8 Å². The fraction of sp³-hybridized carbons (Fsp3) is 0.857. The van der Waals surface area contributed by atoms with Crippen LogP contribution in [0.15, 0.2) is 0 Å². The first kappa shape index (κ1) is 16.9. The minimum absolute atomic E-state index is 0.0260. The topological polar surface area (TPSA) is 71.1 Å². The first-order valence-electron chi connectivity index (χ1n) is 6.75. The Kier molecular flexibility index (Phi) is 5.53. The van der Waals surface area contributed by atoms with E-state index < -0.39 is 23.6 Å². The lowest BCUT2D eigenvalue weighted by molar-refractivity contribution is -0.180. The van der Waals surface area contributed by atoms with E-state index in [1.165, 1.54) is 14.2 Å². The molecule has 0 amide bonds. The Morgan fingerprint density at radius 3 is 1.85 bits per heavy atom. The van der Waals surface area contributed by atoms with Crippen molar-refractivity contribution in [1.82, 2.24) is 0 Å². The fourth-order valence-corrected chi connectivity index (χ4v) is 2.62. The Morgan fingerprint density at radius 2 is 1.50 bits per heavy atom. The third kappa shape index (κ3) is 3.70. The molecular weight excluding hydrogens is 264 g/mol. The molecule has 0 spiro atoms. The van der Waals surface area contributed by atoms with Crippen molar-refractivity contribution in [3.63, 3.8) is 0 Å². The Labute approximate surface area is 119 Å². The molecule has 20 heavy (non-hydrogen) atoms. The molecule has 1 heterocycles. The Hall–Kier alpha value is -1.14. The second-order valence-corrected chi connectivity index (χ2v) is 5.49. The van der Waals surface area contributed by atoms with Crippen LogP contribution in [0.1, 0.15) is 34.1 Å². The van der Waals surface area contributed by atoms with E-state index in [0.717, 1.165) is 0 Å². The summed E-state index contributed by atoms with van der Waals surface area (Å²) in [5.74, 6) is -3.31. The van der Waals surface area contributed by atoms with Gasteiger partial charge in [0.25, 0.3) is 0 Å². The smallest absolute Gasteiger partial charge is 0.320 e. The van der Waals surface area contributed by atoms with Gasteiger partial charge in [0.2, 0.25) is 0 Å². The molecule has 0 aliphatic carbocycles. The van der Waals surface area contributed by atoms with Gasteiger partial charge in [-0.05, 0) is 26.7 Å². The van der Waals surface area contributed by atoms with Gasteiger partial charge in [0.15, 0.2) is 11.7 Å². The third-order valence-electron chi connectivity index (χ3n) is 3.70. The lowest BCUT2D eigenvalue weighted by atomic mass is 9.88. The van der Waals surface area contributed by atoms with E-state index >= 15 is 0 Å². The molecule has 6 heteroatoms. The van der Waals surface area contributed by atoms with Crippen LogP contribution in [-0.4, -0.2) is 44.2 Å². The van der Waals surface area contributed by atoms with Gasteiger partial charge in [0.1, 0.15) is 0 Å². The van der Waals surface area contributed by atoms with Crippen LogP contribution in [0.5, 0.6) is 0 Å². The van der Waals surface area contributed by atoms with Gasteiger partial charge in [-0.3, -0.25) is 9.59 Å². The molecule has 0 saturated carbocycles. The predicted molar refractivity (Wildman–Crippen MR) is 70.8 cm³/mol. The van der Waals surface area contributed by atoms with Crippen LogP contribution in [0.3, 0.4) is 0 Å². The summed E-state index contributed by atoms with van der Waals surface area (Å²) in [6.07, 6.45) is 0.347. The first-order valence-corrected chi connectivity index (χ1v) is 6.75. The molecule has 0 radical (unpaired) electrons. The van der Waals surface area contributed by atoms with Gasteiger partial charge in [-0.2, -0.15) is 0 Å². The maximum Gasteiger partial charge on any atom is 0.320 e. The van der Waals surface area contributed by atoms with Crippen molar-refractivity contribution in [2.45, 2.75) is 52.1 Å². The molecule has 116 valence electrons. The molecule has 0 unspecified atom stereocenters. The second kappa shape index (κ2) is 6.54. The molecule has 1 aliphatic heterocycles. The zero-order valence-corrected chi connectivity index (χ0v) is 13.0. The van der Waals surface area contributed by atoms with Gasteiger partial charge in [-0.25, -0.2) is 0 Å². The Morgan fingerprint density at radius 1 is 1.10 bits per heavy atom. The fourth-order valence-electron chi connectivity index (χ4n) is 2.62. The quantitative estimate of drug-likeness (QED) is 0.564. The van der Waals surface area contributed by atoms with Gasteiger partial charge >= 0.3 is 11.9 Å². The minimum atomic E-state index is -0.972. The highest BCUT2D eigenvalue weighted by Crippen LogP contribution is 2.35. The Balaban J connectivity index is 2.79. The number of esters is 2.